The molecule has 4 nitrogen and oxygen atoms in total. The van der Waals surface area contributed by atoms with Crippen molar-refractivity contribution in [2.24, 2.45) is 5.14 Å². The topological polar surface area (TPSA) is 72.2 Å². The molecule has 0 bridgehead atoms. The fourth-order valence-electron chi connectivity index (χ4n) is 1.12. The fourth-order valence-corrected chi connectivity index (χ4v) is 1.63. The highest BCUT2D eigenvalue weighted by molar-refractivity contribution is 7.89. The third-order valence-corrected chi connectivity index (χ3v) is 2.84. The van der Waals surface area contributed by atoms with Crippen LogP contribution in [0.5, 0.6) is 0 Å². The molecule has 1 aromatic carbocycles. The second kappa shape index (κ2) is 11.2. The summed E-state index contributed by atoms with van der Waals surface area (Å²) in [5, 5.41) is 7.98. The predicted octanol–water partition coefficient (Wildman–Crippen LogP) is 2.15. The molecule has 0 aliphatic carbocycles. The van der Waals surface area contributed by atoms with E-state index in [4.69, 9.17) is 5.14 Å². The van der Waals surface area contributed by atoms with Crippen LogP contribution in [0, 0.1) is 0 Å². The summed E-state index contributed by atoms with van der Waals surface area (Å²) >= 11 is 0. The van der Waals surface area contributed by atoms with E-state index in [0.717, 1.165) is 18.5 Å². The average molecular weight is 274 g/mol. The highest BCUT2D eigenvalue weighted by Crippen LogP contribution is 2.08. The number of likely N-dealkylation sites (N-methyl/N-ethyl adjacent to an activating group) is 1. The summed E-state index contributed by atoms with van der Waals surface area (Å²) in [6.45, 7) is 8.87. The Morgan fingerprint density at radius 3 is 1.83 bits per heavy atom. The Balaban J connectivity index is 0. The number of nitrogens with two attached hydrogens (primary N) is 1. The Labute approximate surface area is 112 Å². The highest BCUT2D eigenvalue weighted by atomic mass is 32.2. The number of sulfonamides is 1. The van der Waals surface area contributed by atoms with Crippen LogP contribution in [0.2, 0.25) is 0 Å². The van der Waals surface area contributed by atoms with Crippen molar-refractivity contribution in [1.29, 1.82) is 0 Å². The molecule has 0 aromatic heterocycles. The summed E-state index contributed by atoms with van der Waals surface area (Å²) in [7, 11) is -1.68. The first-order valence-corrected chi connectivity index (χ1v) is 7.85. The molecule has 0 saturated carbocycles. The molecular weight excluding hydrogens is 248 g/mol. The van der Waals surface area contributed by atoms with Crippen molar-refractivity contribution in [3.8, 4) is 0 Å². The van der Waals surface area contributed by atoms with Gasteiger partial charge in [0, 0.05) is 0 Å². The molecule has 0 atom stereocenters. The minimum atomic E-state index is -3.56. The summed E-state index contributed by atoms with van der Waals surface area (Å²) in [6, 6.07) is 6.61. The number of nitrogens with one attached hydrogen (secondary N) is 1. The molecule has 3 N–H and O–H groups in total. The number of primary sulfonamides is 1. The van der Waals surface area contributed by atoms with Gasteiger partial charge in [0.15, 0.2) is 0 Å². The van der Waals surface area contributed by atoms with Crippen LogP contribution in [0.15, 0.2) is 29.2 Å². The molecule has 0 amide bonds. The zero-order valence-corrected chi connectivity index (χ0v) is 12.8. The standard InChI is InChI=1S/C9H14N2O2S.2C2H6/c1-11-7-6-8-2-4-9(5-3-8)14(10,12)13;2*1-2/h2-5,11H,6-7H2,1H3,(H2,10,12,13);2*1-2H3. The largest absolute Gasteiger partial charge is 0.319 e. The van der Waals surface area contributed by atoms with E-state index >= 15 is 0 Å². The maximum atomic E-state index is 10.9. The van der Waals surface area contributed by atoms with Gasteiger partial charge in [-0.25, -0.2) is 13.6 Å². The maximum absolute atomic E-state index is 10.9. The van der Waals surface area contributed by atoms with Crippen LogP contribution in [-0.4, -0.2) is 22.0 Å². The molecule has 0 unspecified atom stereocenters. The SMILES string of the molecule is CC.CC.CNCCc1ccc(S(N)(=O)=O)cc1. The van der Waals surface area contributed by atoms with Crippen LogP contribution in [0.1, 0.15) is 33.3 Å². The van der Waals surface area contributed by atoms with E-state index < -0.39 is 10.0 Å². The van der Waals surface area contributed by atoms with Gasteiger partial charge in [-0.15, -0.1) is 0 Å². The van der Waals surface area contributed by atoms with Gasteiger partial charge in [-0.1, -0.05) is 39.8 Å². The van der Waals surface area contributed by atoms with Gasteiger partial charge < -0.3 is 5.32 Å². The van der Waals surface area contributed by atoms with Crippen molar-refractivity contribution in [3.05, 3.63) is 29.8 Å². The van der Waals surface area contributed by atoms with Crippen molar-refractivity contribution in [2.45, 2.75) is 39.0 Å². The summed E-state index contributed by atoms with van der Waals surface area (Å²) < 4.78 is 21.8. The van der Waals surface area contributed by atoms with E-state index in [9.17, 15) is 8.42 Å². The molecule has 0 fully saturated rings. The maximum Gasteiger partial charge on any atom is 0.238 e. The fraction of sp³-hybridized carbons (Fsp3) is 0.538. The first kappa shape index (κ1) is 19.4. The normalized spacial score (nSPS) is 9.67. The smallest absolute Gasteiger partial charge is 0.238 e. The molecule has 0 aliphatic heterocycles. The van der Waals surface area contributed by atoms with Gasteiger partial charge in [0.1, 0.15) is 0 Å². The summed E-state index contributed by atoms with van der Waals surface area (Å²) in [5.41, 5.74) is 1.09. The van der Waals surface area contributed by atoms with E-state index in [1.54, 1.807) is 12.1 Å². The molecule has 0 radical (unpaired) electrons. The Morgan fingerprint density at radius 2 is 1.50 bits per heavy atom. The van der Waals surface area contributed by atoms with E-state index in [0.29, 0.717) is 0 Å². The Kier molecular flexibility index (Phi) is 12.1. The van der Waals surface area contributed by atoms with Gasteiger partial charge in [0.25, 0.3) is 0 Å². The lowest BCUT2D eigenvalue weighted by Crippen LogP contribution is -2.13. The minimum absolute atomic E-state index is 0.158. The van der Waals surface area contributed by atoms with Gasteiger partial charge in [0.05, 0.1) is 4.90 Å². The summed E-state index contributed by atoms with van der Waals surface area (Å²) in [6.07, 6.45) is 0.876. The van der Waals surface area contributed by atoms with Gasteiger partial charge in [-0.3, -0.25) is 0 Å². The average Bonchev–Trinajstić information content (AvgIpc) is 2.40. The van der Waals surface area contributed by atoms with E-state index in [1.165, 1.54) is 12.1 Å². The van der Waals surface area contributed by atoms with Crippen LogP contribution >= 0.6 is 0 Å². The number of hydrogen-bond donors (Lipinski definition) is 2. The Bertz CT molecular complexity index is 386. The molecule has 0 aliphatic rings. The van der Waals surface area contributed by atoms with Crippen LogP contribution in [-0.2, 0) is 16.4 Å². The molecular formula is C13H26N2O2S. The second-order valence-electron chi connectivity index (χ2n) is 3.04. The highest BCUT2D eigenvalue weighted by Gasteiger charge is 2.05. The van der Waals surface area contributed by atoms with Crippen LogP contribution < -0.4 is 10.5 Å². The molecule has 1 rings (SSSR count). The molecule has 0 spiro atoms. The molecule has 5 heteroatoms. The van der Waals surface area contributed by atoms with Gasteiger partial charge in [-0.05, 0) is 37.7 Å². The van der Waals surface area contributed by atoms with Crippen molar-refractivity contribution in [2.75, 3.05) is 13.6 Å². The van der Waals surface area contributed by atoms with E-state index in [1.807, 2.05) is 34.7 Å². The molecule has 106 valence electrons. The van der Waals surface area contributed by atoms with Gasteiger partial charge in [0.2, 0.25) is 10.0 Å². The van der Waals surface area contributed by atoms with Crippen molar-refractivity contribution in [1.82, 2.24) is 5.32 Å². The van der Waals surface area contributed by atoms with Crippen molar-refractivity contribution in [3.63, 3.8) is 0 Å². The predicted molar refractivity (Wildman–Crippen MR) is 78.1 cm³/mol. The van der Waals surface area contributed by atoms with E-state index in [2.05, 4.69) is 5.32 Å². The van der Waals surface area contributed by atoms with Crippen LogP contribution in [0.25, 0.3) is 0 Å². The quantitative estimate of drug-likeness (QED) is 0.883. The third kappa shape index (κ3) is 8.22. The molecule has 1 aromatic rings. The summed E-state index contributed by atoms with van der Waals surface area (Å²) in [4.78, 5) is 0.158. The Morgan fingerprint density at radius 1 is 1.06 bits per heavy atom. The number of hydrogen-bond acceptors (Lipinski definition) is 3. The second-order valence-corrected chi connectivity index (χ2v) is 4.60. The first-order chi connectivity index (χ1) is 8.54. The lowest BCUT2D eigenvalue weighted by Gasteiger charge is -2.02. The number of benzene rings is 1. The van der Waals surface area contributed by atoms with E-state index in [-0.39, 0.29) is 4.90 Å². The molecule has 0 saturated heterocycles. The third-order valence-electron chi connectivity index (χ3n) is 1.92. The van der Waals surface area contributed by atoms with Crippen molar-refractivity contribution < 1.29 is 8.42 Å². The molecule has 18 heavy (non-hydrogen) atoms. The zero-order chi connectivity index (χ0) is 14.6. The van der Waals surface area contributed by atoms with Crippen LogP contribution in [0.4, 0.5) is 0 Å². The first-order valence-electron chi connectivity index (χ1n) is 6.30. The molecule has 0 heterocycles. The Hall–Kier alpha value is -0.910. The zero-order valence-electron chi connectivity index (χ0n) is 12.0. The van der Waals surface area contributed by atoms with Crippen LogP contribution in [0.3, 0.4) is 0 Å². The van der Waals surface area contributed by atoms with Gasteiger partial charge in [-0.2, -0.15) is 0 Å². The monoisotopic (exact) mass is 274 g/mol. The lowest BCUT2D eigenvalue weighted by molar-refractivity contribution is 0.598. The lowest BCUT2D eigenvalue weighted by atomic mass is 10.1. The number of rotatable bonds is 4. The van der Waals surface area contributed by atoms with Crippen molar-refractivity contribution >= 4 is 10.0 Å². The van der Waals surface area contributed by atoms with Gasteiger partial charge >= 0.3 is 0 Å². The minimum Gasteiger partial charge on any atom is -0.319 e. The summed E-state index contributed by atoms with van der Waals surface area (Å²) in [5.74, 6) is 0.